The zero-order chi connectivity index (χ0) is 16.8. The Bertz CT molecular complexity index is 783. The fourth-order valence-corrected chi connectivity index (χ4v) is 2.74. The summed E-state index contributed by atoms with van der Waals surface area (Å²) in [5, 5.41) is 11.5. The average Bonchev–Trinajstić information content (AvgIpc) is 3.03. The van der Waals surface area contributed by atoms with Gasteiger partial charge in [-0.15, -0.1) is 0 Å². The van der Waals surface area contributed by atoms with E-state index in [1.54, 1.807) is 0 Å². The standard InChI is InChI=1S/C19H20N4S/c1-15(17-10-6-3-7-11-17)20-19(24)21-18-12-13-23(22-18)14-16-8-4-2-5-9-16/h2-13,15H,14H2,1H3,(H2,20,21,22,24). The first kappa shape index (κ1) is 16.2. The molecule has 1 atom stereocenters. The maximum atomic E-state index is 5.38. The first-order valence-electron chi connectivity index (χ1n) is 7.90. The predicted octanol–water partition coefficient (Wildman–Crippen LogP) is 3.98. The minimum atomic E-state index is 0.137. The molecule has 0 fully saturated rings. The molecule has 0 spiro atoms. The molecule has 4 nitrogen and oxygen atoms in total. The van der Waals surface area contributed by atoms with Crippen LogP contribution in [0.3, 0.4) is 0 Å². The molecular formula is C19H20N4S. The molecule has 0 saturated carbocycles. The molecule has 0 aliphatic carbocycles. The van der Waals surface area contributed by atoms with Crippen molar-refractivity contribution >= 4 is 23.1 Å². The van der Waals surface area contributed by atoms with Crippen molar-refractivity contribution in [2.45, 2.75) is 19.5 Å². The van der Waals surface area contributed by atoms with Crippen molar-refractivity contribution in [1.82, 2.24) is 15.1 Å². The average molecular weight is 336 g/mol. The van der Waals surface area contributed by atoms with Gasteiger partial charge in [-0.25, -0.2) is 0 Å². The Morgan fingerprint density at radius 3 is 2.42 bits per heavy atom. The summed E-state index contributed by atoms with van der Waals surface area (Å²) in [7, 11) is 0. The van der Waals surface area contributed by atoms with Crippen LogP contribution < -0.4 is 10.6 Å². The van der Waals surface area contributed by atoms with Crippen molar-refractivity contribution in [1.29, 1.82) is 0 Å². The Balaban J connectivity index is 1.55. The first-order chi connectivity index (χ1) is 11.7. The predicted molar refractivity (Wildman–Crippen MR) is 102 cm³/mol. The molecule has 0 amide bonds. The van der Waals surface area contributed by atoms with Crippen LogP contribution in [0, 0.1) is 0 Å². The van der Waals surface area contributed by atoms with Gasteiger partial charge in [0.1, 0.15) is 0 Å². The highest BCUT2D eigenvalue weighted by Gasteiger charge is 2.07. The van der Waals surface area contributed by atoms with Crippen molar-refractivity contribution in [3.8, 4) is 0 Å². The van der Waals surface area contributed by atoms with E-state index in [0.717, 1.165) is 12.4 Å². The van der Waals surface area contributed by atoms with Crippen molar-refractivity contribution in [2.24, 2.45) is 0 Å². The van der Waals surface area contributed by atoms with Crippen LogP contribution >= 0.6 is 12.2 Å². The molecule has 3 rings (SSSR count). The zero-order valence-electron chi connectivity index (χ0n) is 13.5. The van der Waals surface area contributed by atoms with Gasteiger partial charge in [0.05, 0.1) is 12.6 Å². The fourth-order valence-electron chi connectivity index (χ4n) is 2.46. The topological polar surface area (TPSA) is 41.9 Å². The minimum absolute atomic E-state index is 0.137. The number of anilines is 1. The molecule has 3 aromatic rings. The highest BCUT2D eigenvalue weighted by atomic mass is 32.1. The normalized spacial score (nSPS) is 11.7. The third-order valence-electron chi connectivity index (χ3n) is 3.72. The van der Waals surface area contributed by atoms with Crippen LogP contribution in [0.4, 0.5) is 5.82 Å². The molecule has 1 heterocycles. The number of nitrogens with zero attached hydrogens (tertiary/aromatic N) is 2. The molecule has 1 unspecified atom stereocenters. The minimum Gasteiger partial charge on any atom is -0.356 e. The molecule has 0 bridgehead atoms. The summed E-state index contributed by atoms with van der Waals surface area (Å²) in [6.07, 6.45) is 1.94. The number of hydrogen-bond acceptors (Lipinski definition) is 2. The molecule has 0 saturated heterocycles. The second-order valence-electron chi connectivity index (χ2n) is 5.61. The lowest BCUT2D eigenvalue weighted by Crippen LogP contribution is -2.31. The number of aromatic nitrogens is 2. The van der Waals surface area contributed by atoms with Gasteiger partial charge in [0.25, 0.3) is 0 Å². The van der Waals surface area contributed by atoms with Gasteiger partial charge in [-0.3, -0.25) is 4.68 Å². The van der Waals surface area contributed by atoms with E-state index >= 15 is 0 Å². The van der Waals surface area contributed by atoms with Crippen LogP contribution in [0.1, 0.15) is 24.1 Å². The summed E-state index contributed by atoms with van der Waals surface area (Å²) in [6, 6.07) is 22.5. The molecule has 0 aliphatic heterocycles. The smallest absolute Gasteiger partial charge is 0.172 e. The van der Waals surface area contributed by atoms with Crippen molar-refractivity contribution in [3.63, 3.8) is 0 Å². The second-order valence-corrected chi connectivity index (χ2v) is 6.02. The van der Waals surface area contributed by atoms with Gasteiger partial charge in [-0.05, 0) is 30.3 Å². The first-order valence-corrected chi connectivity index (χ1v) is 8.31. The summed E-state index contributed by atoms with van der Waals surface area (Å²) in [4.78, 5) is 0. The maximum Gasteiger partial charge on any atom is 0.172 e. The second kappa shape index (κ2) is 7.75. The molecule has 24 heavy (non-hydrogen) atoms. The number of nitrogens with one attached hydrogen (secondary N) is 2. The lowest BCUT2D eigenvalue weighted by molar-refractivity contribution is 0.689. The van der Waals surface area contributed by atoms with E-state index in [0.29, 0.717) is 5.11 Å². The van der Waals surface area contributed by atoms with E-state index in [1.807, 2.05) is 53.3 Å². The Hall–Kier alpha value is -2.66. The fraction of sp³-hybridized carbons (Fsp3) is 0.158. The lowest BCUT2D eigenvalue weighted by Gasteiger charge is -2.16. The van der Waals surface area contributed by atoms with Gasteiger partial charge in [0.15, 0.2) is 10.9 Å². The van der Waals surface area contributed by atoms with E-state index < -0.39 is 0 Å². The van der Waals surface area contributed by atoms with Crippen LogP contribution in [-0.4, -0.2) is 14.9 Å². The molecular weight excluding hydrogens is 316 g/mol. The Morgan fingerprint density at radius 2 is 1.71 bits per heavy atom. The van der Waals surface area contributed by atoms with Crippen molar-refractivity contribution in [3.05, 3.63) is 84.1 Å². The summed E-state index contributed by atoms with van der Waals surface area (Å²) >= 11 is 5.38. The number of benzene rings is 2. The SMILES string of the molecule is CC(NC(=S)Nc1ccn(Cc2ccccc2)n1)c1ccccc1. The van der Waals surface area contributed by atoms with Crippen molar-refractivity contribution < 1.29 is 0 Å². The van der Waals surface area contributed by atoms with Gasteiger partial charge in [0, 0.05) is 12.3 Å². The van der Waals surface area contributed by atoms with E-state index in [9.17, 15) is 0 Å². The largest absolute Gasteiger partial charge is 0.356 e. The third kappa shape index (κ3) is 4.43. The van der Waals surface area contributed by atoms with Crippen LogP contribution in [0.15, 0.2) is 72.9 Å². The van der Waals surface area contributed by atoms with Gasteiger partial charge in [-0.1, -0.05) is 60.7 Å². The Morgan fingerprint density at radius 1 is 1.04 bits per heavy atom. The van der Waals surface area contributed by atoms with Gasteiger partial charge < -0.3 is 10.6 Å². The molecule has 2 N–H and O–H groups in total. The van der Waals surface area contributed by atoms with Gasteiger partial charge >= 0.3 is 0 Å². The van der Waals surface area contributed by atoms with Crippen LogP contribution in [0.5, 0.6) is 0 Å². The van der Waals surface area contributed by atoms with Crippen LogP contribution in [-0.2, 0) is 6.54 Å². The van der Waals surface area contributed by atoms with E-state index in [1.165, 1.54) is 11.1 Å². The zero-order valence-corrected chi connectivity index (χ0v) is 14.3. The molecule has 0 aliphatic rings. The quantitative estimate of drug-likeness (QED) is 0.692. The summed E-state index contributed by atoms with van der Waals surface area (Å²) in [6.45, 7) is 2.82. The van der Waals surface area contributed by atoms with Crippen molar-refractivity contribution in [2.75, 3.05) is 5.32 Å². The van der Waals surface area contributed by atoms with Crippen LogP contribution in [0.2, 0.25) is 0 Å². The van der Waals surface area contributed by atoms with E-state index in [4.69, 9.17) is 12.2 Å². The Kier molecular flexibility index (Phi) is 5.23. The molecule has 0 radical (unpaired) electrons. The third-order valence-corrected chi connectivity index (χ3v) is 3.94. The van der Waals surface area contributed by atoms with Crippen LogP contribution in [0.25, 0.3) is 0 Å². The molecule has 1 aromatic heterocycles. The summed E-state index contributed by atoms with van der Waals surface area (Å²) in [5.41, 5.74) is 2.40. The summed E-state index contributed by atoms with van der Waals surface area (Å²) in [5.74, 6) is 0.740. The molecule has 122 valence electrons. The maximum absolute atomic E-state index is 5.38. The molecule has 5 heteroatoms. The Labute approximate surface area is 147 Å². The number of thiocarbonyl (C=S) groups is 1. The number of rotatable bonds is 5. The summed E-state index contributed by atoms with van der Waals surface area (Å²) < 4.78 is 1.89. The number of hydrogen-bond donors (Lipinski definition) is 2. The van der Waals surface area contributed by atoms with E-state index in [2.05, 4.69) is 46.9 Å². The lowest BCUT2D eigenvalue weighted by atomic mass is 10.1. The highest BCUT2D eigenvalue weighted by Crippen LogP contribution is 2.12. The highest BCUT2D eigenvalue weighted by molar-refractivity contribution is 7.80. The van der Waals surface area contributed by atoms with Gasteiger partial charge in [0.2, 0.25) is 0 Å². The monoisotopic (exact) mass is 336 g/mol. The van der Waals surface area contributed by atoms with Gasteiger partial charge in [-0.2, -0.15) is 5.10 Å². The van der Waals surface area contributed by atoms with E-state index in [-0.39, 0.29) is 6.04 Å². The molecule has 2 aromatic carbocycles.